The predicted molar refractivity (Wildman–Crippen MR) is 175 cm³/mol. The maximum atomic E-state index is 14.1. The highest BCUT2D eigenvalue weighted by molar-refractivity contribution is 7.07. The maximum Gasteiger partial charge on any atom is 0.338 e. The lowest BCUT2D eigenvalue weighted by molar-refractivity contribution is -0.138. The lowest BCUT2D eigenvalue weighted by atomic mass is 9.93. The average molecular weight is 655 g/mol. The van der Waals surface area contributed by atoms with E-state index in [0.29, 0.717) is 55.6 Å². The number of carboxylic acid groups (broad SMARTS) is 1. The molecule has 0 bridgehead atoms. The minimum absolute atomic E-state index is 0.0163. The number of nitrogens with zero attached hydrogens (tertiary/aromatic N) is 2. The number of hydrogen-bond acceptors (Lipinski definition) is 8. The molecule has 1 aliphatic heterocycles. The molecule has 3 aromatic carbocycles. The van der Waals surface area contributed by atoms with Gasteiger partial charge < -0.3 is 19.0 Å². The summed E-state index contributed by atoms with van der Waals surface area (Å²) in [5.74, 6) is -0.194. The van der Waals surface area contributed by atoms with Crippen LogP contribution in [0.4, 0.5) is 0 Å². The second kappa shape index (κ2) is 13.0. The molecular weight excluding hydrogens is 628 g/mol. The first-order chi connectivity index (χ1) is 22.3. The quantitative estimate of drug-likeness (QED) is 0.195. The number of hydrogen-bond donors (Lipinski definition) is 1. The Labute approximate surface area is 271 Å². The number of carbonyl (C=O) groups excluding carboxylic acids is 1. The van der Waals surface area contributed by atoms with Gasteiger partial charge in [-0.1, -0.05) is 71.5 Å². The van der Waals surface area contributed by atoms with Crippen LogP contribution in [0.15, 0.2) is 105 Å². The summed E-state index contributed by atoms with van der Waals surface area (Å²) in [4.78, 5) is 44.4. The number of carboxylic acids is 1. The molecule has 1 atom stereocenters. The Bertz CT molecular complexity index is 2160. The third kappa shape index (κ3) is 5.92. The van der Waals surface area contributed by atoms with E-state index >= 15 is 0 Å². The van der Waals surface area contributed by atoms with Crippen molar-refractivity contribution < 1.29 is 28.6 Å². The van der Waals surface area contributed by atoms with Crippen LogP contribution in [0.3, 0.4) is 0 Å². The van der Waals surface area contributed by atoms with Gasteiger partial charge in [0.1, 0.15) is 17.3 Å². The van der Waals surface area contributed by atoms with Crippen LogP contribution < -0.4 is 19.6 Å². The van der Waals surface area contributed by atoms with E-state index in [0.717, 1.165) is 0 Å². The molecule has 11 heteroatoms. The van der Waals surface area contributed by atoms with E-state index in [1.807, 2.05) is 49.4 Å². The Kier molecular flexibility index (Phi) is 8.74. The number of aromatic nitrogens is 1. The van der Waals surface area contributed by atoms with E-state index in [1.54, 1.807) is 43.3 Å². The van der Waals surface area contributed by atoms with Gasteiger partial charge in [-0.2, -0.15) is 0 Å². The first-order valence-corrected chi connectivity index (χ1v) is 15.6. The van der Waals surface area contributed by atoms with Gasteiger partial charge in [0.05, 0.1) is 45.6 Å². The molecule has 9 nitrogen and oxygen atoms in total. The first-order valence-electron chi connectivity index (χ1n) is 14.4. The summed E-state index contributed by atoms with van der Waals surface area (Å²) in [7, 11) is 0. The molecule has 0 radical (unpaired) electrons. The molecular formula is C35H27ClN2O7S. The molecule has 1 N–H and O–H groups in total. The number of aromatic carboxylic acids is 1. The molecule has 232 valence electrons. The zero-order chi connectivity index (χ0) is 32.4. The van der Waals surface area contributed by atoms with Gasteiger partial charge in [-0.3, -0.25) is 9.36 Å². The van der Waals surface area contributed by atoms with E-state index in [1.165, 1.54) is 28.0 Å². The van der Waals surface area contributed by atoms with Crippen molar-refractivity contribution in [1.29, 1.82) is 0 Å². The number of ether oxygens (including phenoxy) is 2. The van der Waals surface area contributed by atoms with Crippen molar-refractivity contribution in [2.45, 2.75) is 19.9 Å². The fraction of sp³-hybridized carbons (Fsp3) is 0.143. The van der Waals surface area contributed by atoms with E-state index in [2.05, 4.69) is 0 Å². The Morgan fingerprint density at radius 2 is 1.76 bits per heavy atom. The van der Waals surface area contributed by atoms with Crippen molar-refractivity contribution in [3.63, 3.8) is 0 Å². The zero-order valence-electron chi connectivity index (χ0n) is 24.7. The molecule has 0 unspecified atom stereocenters. The molecule has 6 rings (SSSR count). The minimum Gasteiger partial charge on any atom is -0.494 e. The van der Waals surface area contributed by atoms with Crippen molar-refractivity contribution in [2.24, 2.45) is 4.99 Å². The molecule has 46 heavy (non-hydrogen) atoms. The molecule has 0 aliphatic carbocycles. The number of benzene rings is 3. The SMILES string of the molecule is CCOC(=O)C1=C(c2ccccc2)N=c2s/c(=C\c3ccc(-c4ccc(C(=O)O)c(Cl)c4)o3)c(=O)n2[C@H]1c1ccc(OCC)cc1. The highest BCUT2D eigenvalue weighted by Crippen LogP contribution is 2.36. The lowest BCUT2D eigenvalue weighted by Crippen LogP contribution is -2.40. The fourth-order valence-corrected chi connectivity index (χ4v) is 6.47. The summed E-state index contributed by atoms with van der Waals surface area (Å²) in [5, 5.41) is 9.37. The number of carbonyl (C=O) groups is 2. The van der Waals surface area contributed by atoms with Crippen LogP contribution in [0.2, 0.25) is 5.02 Å². The normalized spacial score (nSPS) is 14.5. The van der Waals surface area contributed by atoms with E-state index in [9.17, 15) is 19.5 Å². The average Bonchev–Trinajstić information content (AvgIpc) is 3.65. The van der Waals surface area contributed by atoms with Gasteiger partial charge in [0, 0.05) is 17.2 Å². The number of thiazole rings is 1. The van der Waals surface area contributed by atoms with Crippen LogP contribution in [0.5, 0.6) is 5.75 Å². The largest absolute Gasteiger partial charge is 0.494 e. The smallest absolute Gasteiger partial charge is 0.338 e. The summed E-state index contributed by atoms with van der Waals surface area (Å²) in [5.41, 5.74) is 2.27. The van der Waals surface area contributed by atoms with Gasteiger partial charge >= 0.3 is 11.9 Å². The maximum absolute atomic E-state index is 14.1. The summed E-state index contributed by atoms with van der Waals surface area (Å²) in [6.45, 7) is 4.27. The Morgan fingerprint density at radius 3 is 2.43 bits per heavy atom. The van der Waals surface area contributed by atoms with Crippen molar-refractivity contribution >= 4 is 46.6 Å². The Morgan fingerprint density at radius 1 is 1.00 bits per heavy atom. The van der Waals surface area contributed by atoms with Gasteiger partial charge in [-0.25, -0.2) is 14.6 Å². The topological polar surface area (TPSA) is 120 Å². The van der Waals surface area contributed by atoms with Gasteiger partial charge in [-0.05, 0) is 55.8 Å². The van der Waals surface area contributed by atoms with Crippen molar-refractivity contribution in [3.8, 4) is 17.1 Å². The third-order valence-electron chi connectivity index (χ3n) is 7.26. The van der Waals surface area contributed by atoms with Crippen molar-refractivity contribution in [3.05, 3.63) is 138 Å². The second-order valence-electron chi connectivity index (χ2n) is 10.1. The van der Waals surface area contributed by atoms with E-state index in [-0.39, 0.29) is 28.3 Å². The highest BCUT2D eigenvalue weighted by atomic mass is 35.5. The lowest BCUT2D eigenvalue weighted by Gasteiger charge is -2.26. The van der Waals surface area contributed by atoms with Gasteiger partial charge in [0.2, 0.25) is 0 Å². The number of rotatable bonds is 9. The number of halogens is 1. The molecule has 0 saturated carbocycles. The van der Waals surface area contributed by atoms with Crippen LogP contribution in [-0.4, -0.2) is 34.8 Å². The van der Waals surface area contributed by atoms with Crippen LogP contribution in [-0.2, 0) is 9.53 Å². The van der Waals surface area contributed by atoms with Crippen LogP contribution in [0.1, 0.15) is 47.1 Å². The molecule has 1 aliphatic rings. The third-order valence-corrected chi connectivity index (χ3v) is 8.56. The Hall–Kier alpha value is -5.19. The molecule has 0 amide bonds. The zero-order valence-corrected chi connectivity index (χ0v) is 26.3. The summed E-state index contributed by atoms with van der Waals surface area (Å²) in [6.07, 6.45) is 1.62. The molecule has 3 heterocycles. The highest BCUT2D eigenvalue weighted by Gasteiger charge is 2.35. The van der Waals surface area contributed by atoms with Crippen molar-refractivity contribution in [2.75, 3.05) is 13.2 Å². The first kappa shape index (κ1) is 30.8. The van der Waals surface area contributed by atoms with Crippen LogP contribution >= 0.6 is 22.9 Å². The monoisotopic (exact) mass is 654 g/mol. The van der Waals surface area contributed by atoms with Gasteiger partial charge in [0.15, 0.2) is 4.80 Å². The van der Waals surface area contributed by atoms with Gasteiger partial charge in [0.25, 0.3) is 5.56 Å². The summed E-state index contributed by atoms with van der Waals surface area (Å²) >= 11 is 7.34. The summed E-state index contributed by atoms with van der Waals surface area (Å²) < 4.78 is 19.0. The summed E-state index contributed by atoms with van der Waals surface area (Å²) in [6, 6.07) is 23.7. The number of esters is 1. The molecule has 0 spiro atoms. The van der Waals surface area contributed by atoms with Crippen LogP contribution in [0, 0.1) is 0 Å². The van der Waals surface area contributed by atoms with Gasteiger partial charge in [-0.15, -0.1) is 0 Å². The van der Waals surface area contributed by atoms with E-state index < -0.39 is 18.0 Å². The van der Waals surface area contributed by atoms with Crippen molar-refractivity contribution in [1.82, 2.24) is 4.57 Å². The fourth-order valence-electron chi connectivity index (χ4n) is 5.23. The molecule has 2 aromatic heterocycles. The minimum atomic E-state index is -1.13. The Balaban J connectivity index is 1.51. The second-order valence-corrected chi connectivity index (χ2v) is 11.6. The number of fused-ring (bicyclic) bond motifs is 1. The number of furan rings is 1. The standard InChI is InChI=1S/C35H27ClN2O7S/c1-3-43-23-13-10-21(11-14-23)31-29(34(42)44-4-2)30(20-8-6-5-7-9-20)37-35-38(31)32(39)28(46-35)19-24-15-17-27(45-24)22-12-16-25(33(40)41)26(36)18-22/h5-19,31H,3-4H2,1-2H3,(H,40,41)/b28-19-/t31-/m0/s1. The molecule has 0 saturated heterocycles. The van der Waals surface area contributed by atoms with Crippen LogP contribution in [0.25, 0.3) is 23.1 Å². The predicted octanol–water partition coefficient (Wildman–Crippen LogP) is 5.95. The molecule has 5 aromatic rings. The molecule has 0 fully saturated rings. The van der Waals surface area contributed by atoms with E-state index in [4.69, 9.17) is 30.5 Å².